The second-order valence-electron chi connectivity index (χ2n) is 7.08. The summed E-state index contributed by atoms with van der Waals surface area (Å²) < 4.78 is 29.7. The van der Waals surface area contributed by atoms with E-state index in [1.54, 1.807) is 24.3 Å². The zero-order chi connectivity index (χ0) is 20.9. The Morgan fingerprint density at radius 2 is 1.75 bits per heavy atom. The van der Waals surface area contributed by atoms with Gasteiger partial charge in [-0.2, -0.15) is 0 Å². The second kappa shape index (κ2) is 9.21. The van der Waals surface area contributed by atoms with Crippen molar-refractivity contribution in [1.29, 1.82) is 0 Å². The number of hydrogen-bond donors (Lipinski definition) is 1. The molecule has 0 radical (unpaired) electrons. The SMILES string of the molecule is Cc1ccc([C@@H](C)NC(=O)COc2ccc(CN(C)S(C)(=O)=O)cc2)cc1C. The van der Waals surface area contributed by atoms with Gasteiger partial charge in [-0.3, -0.25) is 4.79 Å². The van der Waals surface area contributed by atoms with Gasteiger partial charge in [0.1, 0.15) is 5.75 Å². The lowest BCUT2D eigenvalue weighted by Gasteiger charge is -2.16. The summed E-state index contributed by atoms with van der Waals surface area (Å²) in [6.45, 7) is 6.24. The molecule has 0 fully saturated rings. The van der Waals surface area contributed by atoms with E-state index in [1.165, 1.54) is 28.7 Å². The number of amides is 1. The molecule has 0 saturated heterocycles. The molecule has 0 bridgehead atoms. The minimum atomic E-state index is -3.22. The van der Waals surface area contributed by atoms with Crippen LogP contribution < -0.4 is 10.1 Å². The van der Waals surface area contributed by atoms with Crippen LogP contribution in [-0.2, 0) is 21.4 Å². The van der Waals surface area contributed by atoms with E-state index < -0.39 is 10.0 Å². The molecule has 0 aliphatic heterocycles. The fourth-order valence-electron chi connectivity index (χ4n) is 2.61. The fraction of sp³-hybridized carbons (Fsp3) is 0.381. The average molecular weight is 405 g/mol. The molecule has 0 saturated carbocycles. The highest BCUT2D eigenvalue weighted by Gasteiger charge is 2.12. The number of aryl methyl sites for hydroxylation is 2. The summed E-state index contributed by atoms with van der Waals surface area (Å²) in [7, 11) is -1.69. The van der Waals surface area contributed by atoms with Crippen LogP contribution in [0.25, 0.3) is 0 Å². The third-order valence-corrected chi connectivity index (χ3v) is 5.93. The van der Waals surface area contributed by atoms with Crippen LogP contribution in [-0.4, -0.2) is 38.5 Å². The molecule has 1 amide bonds. The first-order chi connectivity index (χ1) is 13.1. The molecule has 0 heterocycles. The van der Waals surface area contributed by atoms with E-state index in [9.17, 15) is 13.2 Å². The van der Waals surface area contributed by atoms with Crippen LogP contribution in [0.4, 0.5) is 0 Å². The maximum absolute atomic E-state index is 12.2. The van der Waals surface area contributed by atoms with Gasteiger partial charge in [0.05, 0.1) is 12.3 Å². The first kappa shape index (κ1) is 21.9. The molecule has 2 rings (SSSR count). The number of nitrogens with one attached hydrogen (secondary N) is 1. The van der Waals surface area contributed by atoms with E-state index in [1.807, 2.05) is 26.0 Å². The molecule has 28 heavy (non-hydrogen) atoms. The second-order valence-corrected chi connectivity index (χ2v) is 9.17. The molecule has 2 aromatic carbocycles. The van der Waals surface area contributed by atoms with Gasteiger partial charge < -0.3 is 10.1 Å². The van der Waals surface area contributed by atoms with Crippen molar-refractivity contribution in [2.24, 2.45) is 0 Å². The molecule has 152 valence electrons. The molecule has 0 aliphatic carbocycles. The van der Waals surface area contributed by atoms with Gasteiger partial charge in [-0.15, -0.1) is 0 Å². The number of hydrogen-bond acceptors (Lipinski definition) is 4. The van der Waals surface area contributed by atoms with Crippen molar-refractivity contribution in [2.75, 3.05) is 19.9 Å². The largest absolute Gasteiger partial charge is 0.484 e. The van der Waals surface area contributed by atoms with Crippen molar-refractivity contribution < 1.29 is 17.9 Å². The van der Waals surface area contributed by atoms with Crippen molar-refractivity contribution in [2.45, 2.75) is 33.4 Å². The summed E-state index contributed by atoms with van der Waals surface area (Å²) in [5.74, 6) is 0.353. The Balaban J connectivity index is 1.86. The number of rotatable bonds is 8. The topological polar surface area (TPSA) is 75.7 Å². The first-order valence-corrected chi connectivity index (χ1v) is 10.9. The lowest BCUT2D eigenvalue weighted by molar-refractivity contribution is -0.123. The zero-order valence-electron chi connectivity index (χ0n) is 17.0. The van der Waals surface area contributed by atoms with Gasteiger partial charge in [0.2, 0.25) is 10.0 Å². The Kier molecular flexibility index (Phi) is 7.21. The van der Waals surface area contributed by atoms with Crippen LogP contribution in [0.3, 0.4) is 0 Å². The normalized spacial score (nSPS) is 12.6. The molecular weight excluding hydrogens is 376 g/mol. The molecule has 0 aliphatic rings. The fourth-order valence-corrected chi connectivity index (χ4v) is 3.00. The highest BCUT2D eigenvalue weighted by Crippen LogP contribution is 2.17. The Bertz CT molecular complexity index is 924. The quantitative estimate of drug-likeness (QED) is 0.734. The highest BCUT2D eigenvalue weighted by atomic mass is 32.2. The maximum Gasteiger partial charge on any atom is 0.258 e. The van der Waals surface area contributed by atoms with E-state index in [0.717, 1.165) is 11.1 Å². The first-order valence-electron chi connectivity index (χ1n) is 9.06. The van der Waals surface area contributed by atoms with Gasteiger partial charge in [0.25, 0.3) is 5.91 Å². The Morgan fingerprint density at radius 1 is 1.11 bits per heavy atom. The van der Waals surface area contributed by atoms with Gasteiger partial charge in [-0.05, 0) is 55.2 Å². The van der Waals surface area contributed by atoms with Gasteiger partial charge in [0, 0.05) is 13.6 Å². The summed E-state index contributed by atoms with van der Waals surface area (Å²) in [4.78, 5) is 12.2. The predicted octanol–water partition coefficient (Wildman–Crippen LogP) is 2.95. The molecule has 1 N–H and O–H groups in total. The van der Waals surface area contributed by atoms with Crippen molar-refractivity contribution in [3.05, 3.63) is 64.7 Å². The van der Waals surface area contributed by atoms with E-state index in [0.29, 0.717) is 5.75 Å². The average Bonchev–Trinajstić information content (AvgIpc) is 2.62. The van der Waals surface area contributed by atoms with Gasteiger partial charge in [0.15, 0.2) is 6.61 Å². The number of carbonyl (C=O) groups is 1. The molecule has 0 spiro atoms. The standard InChI is InChI=1S/C21H28N2O4S/c1-15-6-9-19(12-16(15)2)17(3)22-21(24)14-27-20-10-7-18(8-11-20)13-23(4)28(5,25)26/h6-12,17H,13-14H2,1-5H3,(H,22,24)/t17-/m1/s1. The lowest BCUT2D eigenvalue weighted by Crippen LogP contribution is -2.31. The predicted molar refractivity (Wildman–Crippen MR) is 111 cm³/mol. The van der Waals surface area contributed by atoms with Crippen LogP contribution >= 0.6 is 0 Å². The van der Waals surface area contributed by atoms with E-state index in [2.05, 4.69) is 18.3 Å². The van der Waals surface area contributed by atoms with Crippen molar-refractivity contribution in [1.82, 2.24) is 9.62 Å². The highest BCUT2D eigenvalue weighted by molar-refractivity contribution is 7.88. The molecule has 1 atom stereocenters. The summed E-state index contributed by atoms with van der Waals surface area (Å²) >= 11 is 0. The van der Waals surface area contributed by atoms with Gasteiger partial charge in [-0.25, -0.2) is 12.7 Å². The van der Waals surface area contributed by atoms with Crippen LogP contribution in [0, 0.1) is 13.8 Å². The Hall–Kier alpha value is -2.38. The van der Waals surface area contributed by atoms with E-state index in [4.69, 9.17) is 4.74 Å². The molecule has 6 nitrogen and oxygen atoms in total. The smallest absolute Gasteiger partial charge is 0.258 e. The van der Waals surface area contributed by atoms with Crippen LogP contribution in [0.2, 0.25) is 0 Å². The van der Waals surface area contributed by atoms with Crippen LogP contribution in [0.5, 0.6) is 5.75 Å². The maximum atomic E-state index is 12.2. The third-order valence-electron chi connectivity index (χ3n) is 4.67. The van der Waals surface area contributed by atoms with Crippen molar-refractivity contribution in [3.8, 4) is 5.75 Å². The van der Waals surface area contributed by atoms with Gasteiger partial charge in [-0.1, -0.05) is 30.3 Å². The number of ether oxygens (including phenoxy) is 1. The molecule has 0 aromatic heterocycles. The van der Waals surface area contributed by atoms with E-state index in [-0.39, 0.29) is 25.1 Å². The Labute approximate surface area is 167 Å². The number of nitrogens with zero attached hydrogens (tertiary/aromatic N) is 1. The number of sulfonamides is 1. The van der Waals surface area contributed by atoms with Crippen LogP contribution in [0.15, 0.2) is 42.5 Å². The molecular formula is C21H28N2O4S. The van der Waals surface area contributed by atoms with Crippen LogP contribution in [0.1, 0.15) is 35.2 Å². The summed E-state index contributed by atoms with van der Waals surface area (Å²) in [6, 6.07) is 13.1. The lowest BCUT2D eigenvalue weighted by atomic mass is 10.0. The van der Waals surface area contributed by atoms with Gasteiger partial charge >= 0.3 is 0 Å². The molecule has 2 aromatic rings. The summed E-state index contributed by atoms with van der Waals surface area (Å²) in [5.41, 5.74) is 4.30. The van der Waals surface area contributed by atoms with E-state index >= 15 is 0 Å². The zero-order valence-corrected chi connectivity index (χ0v) is 17.8. The Morgan fingerprint density at radius 3 is 2.32 bits per heavy atom. The number of benzene rings is 2. The summed E-state index contributed by atoms with van der Waals surface area (Å²) in [5, 5.41) is 2.93. The summed E-state index contributed by atoms with van der Waals surface area (Å²) in [6.07, 6.45) is 1.17. The number of carbonyl (C=O) groups excluding carboxylic acids is 1. The third kappa shape index (κ3) is 6.35. The monoisotopic (exact) mass is 404 g/mol. The molecule has 0 unspecified atom stereocenters. The molecule has 7 heteroatoms. The minimum absolute atomic E-state index is 0.0855. The van der Waals surface area contributed by atoms with Crippen molar-refractivity contribution in [3.63, 3.8) is 0 Å². The van der Waals surface area contributed by atoms with Crippen molar-refractivity contribution >= 4 is 15.9 Å². The minimum Gasteiger partial charge on any atom is -0.484 e.